The van der Waals surface area contributed by atoms with Gasteiger partial charge in [-0.1, -0.05) is 11.6 Å². The van der Waals surface area contributed by atoms with Crippen molar-refractivity contribution in [2.24, 2.45) is 0 Å². The maximum Gasteiger partial charge on any atom is 0.234 e. The van der Waals surface area contributed by atoms with E-state index in [1.807, 2.05) is 6.92 Å². The molecule has 0 amide bonds. The number of hydrogen-bond acceptors (Lipinski definition) is 3. The summed E-state index contributed by atoms with van der Waals surface area (Å²) in [6.07, 6.45) is 0. The molecule has 0 aliphatic carbocycles. The highest BCUT2D eigenvalue weighted by molar-refractivity contribution is 9.10. The summed E-state index contributed by atoms with van der Waals surface area (Å²) in [5.74, 6) is 0.0153. The van der Waals surface area contributed by atoms with Crippen molar-refractivity contribution in [3.8, 4) is 0 Å². The number of anilines is 1. The van der Waals surface area contributed by atoms with Crippen LogP contribution in [0.1, 0.15) is 5.56 Å². The number of rotatable bonds is 5. The van der Waals surface area contributed by atoms with E-state index in [1.165, 1.54) is 0 Å². The second kappa shape index (κ2) is 6.04. The summed E-state index contributed by atoms with van der Waals surface area (Å²) in [7, 11) is -1.65. The zero-order chi connectivity index (χ0) is 13.1. The third kappa shape index (κ3) is 4.46. The monoisotopic (exact) mass is 340 g/mol. The molecule has 0 unspecified atom stereocenters. The summed E-state index contributed by atoms with van der Waals surface area (Å²) in [6, 6.07) is 3.37. The van der Waals surface area contributed by atoms with Crippen LogP contribution in [0.25, 0.3) is 0 Å². The average Bonchev–Trinajstić information content (AvgIpc) is 2.23. The van der Waals surface area contributed by atoms with Crippen LogP contribution in [0.3, 0.4) is 0 Å². The van der Waals surface area contributed by atoms with Crippen LogP contribution in [-0.4, -0.2) is 27.8 Å². The van der Waals surface area contributed by atoms with E-state index in [0.29, 0.717) is 21.7 Å². The lowest BCUT2D eigenvalue weighted by molar-refractivity contribution is 0.598. The molecule has 7 heteroatoms. The lowest BCUT2D eigenvalue weighted by Gasteiger charge is -2.11. The van der Waals surface area contributed by atoms with Crippen LogP contribution in [0.2, 0.25) is 5.02 Å². The van der Waals surface area contributed by atoms with E-state index in [2.05, 4.69) is 26.0 Å². The highest BCUT2D eigenvalue weighted by atomic mass is 79.9. The maximum absolute atomic E-state index is 11.7. The molecule has 0 aliphatic rings. The molecule has 0 aliphatic heterocycles. The zero-order valence-corrected chi connectivity index (χ0v) is 12.7. The quantitative estimate of drug-likeness (QED) is 0.864. The standard InChI is InChI=1S/C10H14BrClN2O2S/c1-7-5-8(11)10(6-9(7)12)14-17(15,16)4-3-13-2/h5-6,13-14H,3-4H2,1-2H3. The minimum absolute atomic E-state index is 0.0153. The average molecular weight is 342 g/mol. The Morgan fingerprint density at radius 1 is 1.41 bits per heavy atom. The van der Waals surface area contributed by atoms with Gasteiger partial charge in [0.1, 0.15) is 0 Å². The molecule has 2 N–H and O–H groups in total. The van der Waals surface area contributed by atoms with Crippen molar-refractivity contribution < 1.29 is 8.42 Å². The van der Waals surface area contributed by atoms with Gasteiger partial charge in [-0.3, -0.25) is 4.72 Å². The van der Waals surface area contributed by atoms with Gasteiger partial charge in [-0.25, -0.2) is 8.42 Å². The Morgan fingerprint density at radius 3 is 2.65 bits per heavy atom. The lowest BCUT2D eigenvalue weighted by atomic mass is 10.2. The summed E-state index contributed by atoms with van der Waals surface area (Å²) < 4.78 is 26.5. The Balaban J connectivity index is 2.92. The third-order valence-electron chi connectivity index (χ3n) is 2.13. The predicted molar refractivity (Wildman–Crippen MR) is 75.2 cm³/mol. The molecular weight excluding hydrogens is 328 g/mol. The Kier molecular flexibility index (Phi) is 5.24. The van der Waals surface area contributed by atoms with Crippen LogP contribution in [0, 0.1) is 6.92 Å². The van der Waals surface area contributed by atoms with Crippen molar-refractivity contribution in [2.45, 2.75) is 6.92 Å². The molecule has 0 saturated carbocycles. The Bertz CT molecular complexity index is 505. The highest BCUT2D eigenvalue weighted by Crippen LogP contribution is 2.29. The number of hydrogen-bond donors (Lipinski definition) is 2. The topological polar surface area (TPSA) is 58.2 Å². The van der Waals surface area contributed by atoms with Gasteiger partial charge >= 0.3 is 0 Å². The van der Waals surface area contributed by atoms with E-state index in [-0.39, 0.29) is 5.75 Å². The molecular formula is C10H14BrClN2O2S. The third-order valence-corrected chi connectivity index (χ3v) is 4.47. The molecule has 4 nitrogen and oxygen atoms in total. The van der Waals surface area contributed by atoms with Crippen LogP contribution < -0.4 is 10.0 Å². The second-order valence-electron chi connectivity index (χ2n) is 3.61. The summed E-state index contributed by atoms with van der Waals surface area (Å²) >= 11 is 9.25. The molecule has 1 aromatic carbocycles. The molecule has 0 spiro atoms. The van der Waals surface area contributed by atoms with Crippen LogP contribution >= 0.6 is 27.5 Å². The summed E-state index contributed by atoms with van der Waals surface area (Å²) in [6.45, 7) is 2.25. The number of nitrogens with one attached hydrogen (secondary N) is 2. The molecule has 1 aromatic rings. The molecule has 0 aromatic heterocycles. The van der Waals surface area contributed by atoms with Gasteiger partial charge in [-0.05, 0) is 47.6 Å². The van der Waals surface area contributed by atoms with E-state index >= 15 is 0 Å². The van der Waals surface area contributed by atoms with Gasteiger partial charge in [-0.2, -0.15) is 0 Å². The molecule has 0 fully saturated rings. The van der Waals surface area contributed by atoms with E-state index in [0.717, 1.165) is 5.56 Å². The van der Waals surface area contributed by atoms with Gasteiger partial charge in [0.2, 0.25) is 10.0 Å². The maximum atomic E-state index is 11.7. The number of benzene rings is 1. The van der Waals surface area contributed by atoms with Gasteiger partial charge in [0.05, 0.1) is 11.4 Å². The van der Waals surface area contributed by atoms with Crippen molar-refractivity contribution in [1.82, 2.24) is 5.32 Å². The fraction of sp³-hybridized carbons (Fsp3) is 0.400. The molecule has 0 radical (unpaired) electrons. The molecule has 0 saturated heterocycles. The first kappa shape index (κ1) is 14.8. The molecule has 0 atom stereocenters. The smallest absolute Gasteiger partial charge is 0.234 e. The highest BCUT2D eigenvalue weighted by Gasteiger charge is 2.12. The first-order valence-electron chi connectivity index (χ1n) is 4.96. The van der Waals surface area contributed by atoms with Gasteiger partial charge in [0.15, 0.2) is 0 Å². The van der Waals surface area contributed by atoms with Crippen LogP contribution in [0.4, 0.5) is 5.69 Å². The molecule has 96 valence electrons. The molecule has 17 heavy (non-hydrogen) atoms. The van der Waals surface area contributed by atoms with E-state index in [1.54, 1.807) is 19.2 Å². The summed E-state index contributed by atoms with van der Waals surface area (Å²) in [4.78, 5) is 0. The van der Waals surface area contributed by atoms with E-state index < -0.39 is 10.0 Å². The zero-order valence-electron chi connectivity index (χ0n) is 9.55. The number of aryl methyl sites for hydroxylation is 1. The fourth-order valence-corrected chi connectivity index (χ4v) is 3.11. The van der Waals surface area contributed by atoms with Crippen LogP contribution in [0.15, 0.2) is 16.6 Å². The Morgan fingerprint density at radius 2 is 2.06 bits per heavy atom. The summed E-state index contributed by atoms with van der Waals surface area (Å²) in [5, 5.41) is 3.32. The second-order valence-corrected chi connectivity index (χ2v) is 6.71. The SMILES string of the molecule is CNCCS(=O)(=O)Nc1cc(Cl)c(C)cc1Br. The van der Waals surface area contributed by atoms with Crippen molar-refractivity contribution in [2.75, 3.05) is 24.1 Å². The van der Waals surface area contributed by atoms with Crippen molar-refractivity contribution in [3.63, 3.8) is 0 Å². The lowest BCUT2D eigenvalue weighted by Crippen LogP contribution is -2.24. The molecule has 0 bridgehead atoms. The van der Waals surface area contributed by atoms with Gasteiger partial charge in [0, 0.05) is 16.0 Å². The van der Waals surface area contributed by atoms with Gasteiger partial charge < -0.3 is 5.32 Å². The minimum Gasteiger partial charge on any atom is -0.319 e. The van der Waals surface area contributed by atoms with E-state index in [4.69, 9.17) is 11.6 Å². The fourth-order valence-electron chi connectivity index (χ4n) is 1.18. The number of sulfonamides is 1. The predicted octanol–water partition coefficient (Wildman–Crippen LogP) is 2.37. The van der Waals surface area contributed by atoms with Gasteiger partial charge in [-0.15, -0.1) is 0 Å². The molecule has 1 rings (SSSR count). The first-order chi connectivity index (χ1) is 7.85. The van der Waals surface area contributed by atoms with Crippen molar-refractivity contribution >= 4 is 43.2 Å². The number of halogens is 2. The summed E-state index contributed by atoms with van der Waals surface area (Å²) in [5.41, 5.74) is 1.34. The molecule has 0 heterocycles. The van der Waals surface area contributed by atoms with E-state index in [9.17, 15) is 8.42 Å². The Hall–Kier alpha value is -0.300. The van der Waals surface area contributed by atoms with Crippen LogP contribution in [-0.2, 0) is 10.0 Å². The van der Waals surface area contributed by atoms with Gasteiger partial charge in [0.25, 0.3) is 0 Å². The van der Waals surface area contributed by atoms with Crippen molar-refractivity contribution in [1.29, 1.82) is 0 Å². The Labute approximate surface area is 115 Å². The van der Waals surface area contributed by atoms with Crippen molar-refractivity contribution in [3.05, 3.63) is 27.2 Å². The first-order valence-corrected chi connectivity index (χ1v) is 7.79. The van der Waals surface area contributed by atoms with Crippen LogP contribution in [0.5, 0.6) is 0 Å². The largest absolute Gasteiger partial charge is 0.319 e. The normalized spacial score (nSPS) is 11.5. The minimum atomic E-state index is -3.35.